The maximum Gasteiger partial charge on any atom is 0.264 e. The molecule has 1 amide bonds. The number of nitrogens with one attached hydrogen (secondary N) is 1. The second-order valence-electron chi connectivity index (χ2n) is 3.29. The summed E-state index contributed by atoms with van der Waals surface area (Å²) in [6, 6.07) is 0. The Morgan fingerprint density at radius 3 is 2.56 bits per heavy atom. The number of hydrogen-bond acceptors (Lipinski definition) is 4. The zero-order chi connectivity index (χ0) is 12.6. The Hall–Kier alpha value is -0.920. The number of carbonyl (C=O) groups excluding carboxylic acids is 1. The largest absolute Gasteiger partial charge is 0.380 e. The van der Waals surface area contributed by atoms with Gasteiger partial charge < -0.3 is 10.1 Å². The lowest BCUT2D eigenvalue weighted by Crippen LogP contribution is -2.27. The van der Waals surface area contributed by atoms with Crippen LogP contribution in [0.25, 0.3) is 0 Å². The molecular formula is C9H17NO5S. The first-order chi connectivity index (χ1) is 7.33. The Labute approximate surface area is 95.4 Å². The Morgan fingerprint density at radius 2 is 2.06 bits per heavy atom. The maximum absolute atomic E-state index is 11.0. The van der Waals surface area contributed by atoms with Gasteiger partial charge in [0.05, 0.1) is 12.4 Å². The molecule has 94 valence electrons. The van der Waals surface area contributed by atoms with Crippen molar-refractivity contribution in [1.29, 1.82) is 0 Å². The Balaban J connectivity index is 3.35. The molecule has 0 aliphatic rings. The Bertz CT molecular complexity index is 336. The molecule has 0 aliphatic carbocycles. The van der Waals surface area contributed by atoms with Gasteiger partial charge in [-0.2, -0.15) is 8.42 Å². The van der Waals surface area contributed by atoms with E-state index in [-0.39, 0.29) is 24.7 Å². The van der Waals surface area contributed by atoms with Crippen LogP contribution >= 0.6 is 0 Å². The van der Waals surface area contributed by atoms with E-state index < -0.39 is 10.1 Å². The van der Waals surface area contributed by atoms with Gasteiger partial charge in [-0.25, -0.2) is 0 Å². The number of hydrogen-bond donors (Lipinski definition) is 2. The van der Waals surface area contributed by atoms with Crippen LogP contribution in [0.2, 0.25) is 0 Å². The van der Waals surface area contributed by atoms with Crippen LogP contribution in [-0.4, -0.2) is 44.4 Å². The molecule has 2 N–H and O–H groups in total. The van der Waals surface area contributed by atoms with Crippen LogP contribution < -0.4 is 5.32 Å². The molecule has 0 aromatic heterocycles. The lowest BCUT2D eigenvalue weighted by molar-refractivity contribution is -0.117. The van der Waals surface area contributed by atoms with Crippen molar-refractivity contribution in [2.24, 2.45) is 0 Å². The molecule has 0 aliphatic heterocycles. The van der Waals surface area contributed by atoms with Crippen molar-refractivity contribution in [3.05, 3.63) is 12.2 Å². The maximum atomic E-state index is 11.0. The third-order valence-electron chi connectivity index (χ3n) is 1.61. The monoisotopic (exact) mass is 251 g/mol. The van der Waals surface area contributed by atoms with Gasteiger partial charge in [0.1, 0.15) is 0 Å². The van der Waals surface area contributed by atoms with Crippen LogP contribution in [0.15, 0.2) is 12.2 Å². The lowest BCUT2D eigenvalue weighted by Gasteiger charge is -2.05. The average Bonchev–Trinajstić information content (AvgIpc) is 2.14. The lowest BCUT2D eigenvalue weighted by atomic mass is 10.3. The molecule has 16 heavy (non-hydrogen) atoms. The SMILES string of the molecule is C=C(C)C(=O)NCCOCCCS(=O)(=O)O. The van der Waals surface area contributed by atoms with E-state index in [1.54, 1.807) is 6.92 Å². The van der Waals surface area contributed by atoms with Crippen LogP contribution in [0, 0.1) is 0 Å². The highest BCUT2D eigenvalue weighted by Crippen LogP contribution is 1.89. The highest BCUT2D eigenvalue weighted by Gasteiger charge is 2.03. The summed E-state index contributed by atoms with van der Waals surface area (Å²) in [5.74, 6) is -0.549. The second kappa shape index (κ2) is 7.37. The minimum Gasteiger partial charge on any atom is -0.380 e. The van der Waals surface area contributed by atoms with Crippen LogP contribution in [0.5, 0.6) is 0 Å². The molecule has 0 saturated heterocycles. The third-order valence-corrected chi connectivity index (χ3v) is 2.42. The molecule has 0 atom stereocenters. The predicted octanol–water partition coefficient (Wildman–Crippen LogP) is -0.0268. The van der Waals surface area contributed by atoms with E-state index in [4.69, 9.17) is 9.29 Å². The first kappa shape index (κ1) is 15.1. The van der Waals surface area contributed by atoms with Gasteiger partial charge >= 0.3 is 0 Å². The summed E-state index contributed by atoms with van der Waals surface area (Å²) in [7, 11) is -3.90. The predicted molar refractivity (Wildman–Crippen MR) is 59.7 cm³/mol. The van der Waals surface area contributed by atoms with Gasteiger partial charge in [-0.3, -0.25) is 9.35 Å². The minimum atomic E-state index is -3.90. The molecule has 0 unspecified atom stereocenters. The van der Waals surface area contributed by atoms with Gasteiger partial charge in [-0.1, -0.05) is 6.58 Å². The number of rotatable bonds is 8. The molecule has 6 nitrogen and oxygen atoms in total. The van der Waals surface area contributed by atoms with Gasteiger partial charge in [-0.05, 0) is 13.3 Å². The van der Waals surface area contributed by atoms with E-state index in [1.165, 1.54) is 0 Å². The standard InChI is InChI=1S/C9H17NO5S/c1-8(2)9(11)10-4-6-15-5-3-7-16(12,13)14/h1,3-7H2,2H3,(H,10,11)(H,12,13,14). The van der Waals surface area contributed by atoms with Crippen LogP contribution in [0.1, 0.15) is 13.3 Å². The number of ether oxygens (including phenoxy) is 1. The Morgan fingerprint density at radius 1 is 1.44 bits per heavy atom. The van der Waals surface area contributed by atoms with Crippen molar-refractivity contribution < 1.29 is 22.5 Å². The van der Waals surface area contributed by atoms with E-state index in [0.717, 1.165) is 0 Å². The van der Waals surface area contributed by atoms with Crippen LogP contribution in [-0.2, 0) is 19.6 Å². The molecule has 0 aromatic carbocycles. The quantitative estimate of drug-likeness (QED) is 0.359. The van der Waals surface area contributed by atoms with E-state index >= 15 is 0 Å². The van der Waals surface area contributed by atoms with Gasteiger partial charge in [0.2, 0.25) is 5.91 Å². The molecule has 0 aromatic rings. The van der Waals surface area contributed by atoms with Crippen LogP contribution in [0.4, 0.5) is 0 Å². The number of carbonyl (C=O) groups is 1. The third kappa shape index (κ3) is 9.63. The van der Waals surface area contributed by atoms with Gasteiger partial charge in [0.15, 0.2) is 0 Å². The van der Waals surface area contributed by atoms with Gasteiger partial charge in [-0.15, -0.1) is 0 Å². The van der Waals surface area contributed by atoms with E-state index in [9.17, 15) is 13.2 Å². The first-order valence-corrected chi connectivity index (χ1v) is 6.40. The topological polar surface area (TPSA) is 92.7 Å². The second-order valence-corrected chi connectivity index (χ2v) is 4.86. The highest BCUT2D eigenvalue weighted by atomic mass is 32.2. The van der Waals surface area contributed by atoms with Gasteiger partial charge in [0, 0.05) is 18.7 Å². The Kier molecular flexibility index (Phi) is 6.95. The molecule has 0 rings (SSSR count). The zero-order valence-corrected chi connectivity index (χ0v) is 10.0. The molecule has 0 spiro atoms. The summed E-state index contributed by atoms with van der Waals surface area (Å²) in [4.78, 5) is 11.0. The molecule has 7 heteroatoms. The molecule has 0 radical (unpaired) electrons. The highest BCUT2D eigenvalue weighted by molar-refractivity contribution is 7.85. The zero-order valence-electron chi connectivity index (χ0n) is 9.23. The first-order valence-electron chi connectivity index (χ1n) is 4.79. The molecular weight excluding hydrogens is 234 g/mol. The summed E-state index contributed by atoms with van der Waals surface area (Å²) < 4.78 is 34.1. The number of amides is 1. The van der Waals surface area contributed by atoms with E-state index in [0.29, 0.717) is 18.7 Å². The normalized spacial score (nSPS) is 11.1. The van der Waals surface area contributed by atoms with Crippen LogP contribution in [0.3, 0.4) is 0 Å². The summed E-state index contributed by atoms with van der Waals surface area (Å²) >= 11 is 0. The average molecular weight is 251 g/mol. The van der Waals surface area contributed by atoms with E-state index in [1.807, 2.05) is 0 Å². The molecule has 0 heterocycles. The van der Waals surface area contributed by atoms with Crippen molar-refractivity contribution in [2.75, 3.05) is 25.5 Å². The van der Waals surface area contributed by atoms with Crippen molar-refractivity contribution >= 4 is 16.0 Å². The van der Waals surface area contributed by atoms with Crippen molar-refractivity contribution in [3.63, 3.8) is 0 Å². The van der Waals surface area contributed by atoms with E-state index in [2.05, 4.69) is 11.9 Å². The fourth-order valence-corrected chi connectivity index (χ4v) is 1.32. The fraction of sp³-hybridized carbons (Fsp3) is 0.667. The fourth-order valence-electron chi connectivity index (χ4n) is 0.833. The summed E-state index contributed by atoms with van der Waals surface area (Å²) in [6.07, 6.45) is 0.229. The molecule has 0 bridgehead atoms. The molecule has 0 fully saturated rings. The summed E-state index contributed by atoms with van der Waals surface area (Å²) in [6.45, 7) is 5.93. The minimum absolute atomic E-state index is 0.225. The summed E-state index contributed by atoms with van der Waals surface area (Å²) in [5.41, 5.74) is 0.423. The van der Waals surface area contributed by atoms with Crippen molar-refractivity contribution in [3.8, 4) is 0 Å². The van der Waals surface area contributed by atoms with Crippen molar-refractivity contribution in [2.45, 2.75) is 13.3 Å². The smallest absolute Gasteiger partial charge is 0.264 e. The molecule has 0 saturated carbocycles. The summed E-state index contributed by atoms with van der Waals surface area (Å²) in [5, 5.41) is 2.56. The van der Waals surface area contributed by atoms with Gasteiger partial charge in [0.25, 0.3) is 10.1 Å². The van der Waals surface area contributed by atoms with Crippen molar-refractivity contribution in [1.82, 2.24) is 5.32 Å².